The first-order valence-electron chi connectivity index (χ1n) is 11.5. The third-order valence-electron chi connectivity index (χ3n) is 7.13. The highest BCUT2D eigenvalue weighted by Gasteiger charge is 2.35. The van der Waals surface area contributed by atoms with Crippen LogP contribution >= 0.6 is 0 Å². The van der Waals surface area contributed by atoms with Gasteiger partial charge in [-0.25, -0.2) is 0 Å². The third-order valence-corrected chi connectivity index (χ3v) is 7.13. The Balaban J connectivity index is 1.32. The lowest BCUT2D eigenvalue weighted by molar-refractivity contribution is 0.241. The molecule has 3 N–H and O–H groups in total. The summed E-state index contributed by atoms with van der Waals surface area (Å²) in [6, 6.07) is 17.2. The quantitative estimate of drug-likeness (QED) is 0.394. The van der Waals surface area contributed by atoms with E-state index in [9.17, 15) is 0 Å². The maximum Gasteiger partial charge on any atom is 0.123 e. The van der Waals surface area contributed by atoms with Crippen LogP contribution in [-0.2, 0) is 12.0 Å². The van der Waals surface area contributed by atoms with Crippen LogP contribution in [0.25, 0.3) is 16.6 Å². The summed E-state index contributed by atoms with van der Waals surface area (Å²) in [4.78, 5) is 3.45. The van der Waals surface area contributed by atoms with Crippen molar-refractivity contribution in [1.82, 2.24) is 30.4 Å². The second kappa shape index (κ2) is 8.52. The van der Waals surface area contributed by atoms with Gasteiger partial charge in [0.15, 0.2) is 0 Å². The van der Waals surface area contributed by atoms with E-state index in [4.69, 9.17) is 0 Å². The molecule has 1 fully saturated rings. The Morgan fingerprint density at radius 2 is 1.91 bits per heavy atom. The van der Waals surface area contributed by atoms with E-state index in [0.29, 0.717) is 0 Å². The largest absolute Gasteiger partial charge is 0.361 e. The van der Waals surface area contributed by atoms with Crippen LogP contribution in [0.2, 0.25) is 0 Å². The van der Waals surface area contributed by atoms with E-state index in [1.807, 2.05) is 4.57 Å². The molecule has 6 heteroatoms. The van der Waals surface area contributed by atoms with Gasteiger partial charge in [0.05, 0.1) is 0 Å². The number of aryl methyl sites for hydroxylation is 1. The molecule has 4 aromatic rings. The molecular weight excluding hydrogens is 396 g/mol. The summed E-state index contributed by atoms with van der Waals surface area (Å²) >= 11 is 0. The normalized spacial score (nSPS) is 19.1. The van der Waals surface area contributed by atoms with Crippen molar-refractivity contribution in [2.75, 3.05) is 19.6 Å². The molecule has 2 aromatic heterocycles. The van der Waals surface area contributed by atoms with Crippen molar-refractivity contribution in [3.8, 4) is 5.69 Å². The van der Waals surface area contributed by atoms with Gasteiger partial charge in [0.2, 0.25) is 0 Å². The number of aromatic amines is 1. The molecule has 0 aliphatic carbocycles. The molecule has 2 aromatic carbocycles. The van der Waals surface area contributed by atoms with E-state index in [1.54, 1.807) is 12.7 Å². The average molecular weight is 429 g/mol. The average Bonchev–Trinajstić information content (AvgIpc) is 3.58. The molecule has 6 nitrogen and oxygen atoms in total. The molecule has 1 aliphatic heterocycles. The minimum Gasteiger partial charge on any atom is -0.361 e. The number of hydrogen-bond donors (Lipinski definition) is 3. The fraction of sp³-hybridized carbons (Fsp3) is 0.385. The first-order valence-corrected chi connectivity index (χ1v) is 11.5. The lowest BCUT2D eigenvalue weighted by Crippen LogP contribution is -2.45. The predicted octanol–water partition coefficient (Wildman–Crippen LogP) is 4.19. The number of fused-ring (bicyclic) bond motifs is 1. The predicted molar refractivity (Wildman–Crippen MR) is 129 cm³/mol. The monoisotopic (exact) mass is 428 g/mol. The molecule has 0 bridgehead atoms. The molecule has 1 aliphatic rings. The van der Waals surface area contributed by atoms with Gasteiger partial charge in [0.1, 0.15) is 12.7 Å². The van der Waals surface area contributed by atoms with E-state index in [1.165, 1.54) is 28.5 Å². The Morgan fingerprint density at radius 1 is 1.09 bits per heavy atom. The van der Waals surface area contributed by atoms with Crippen molar-refractivity contribution in [2.24, 2.45) is 5.41 Å². The summed E-state index contributed by atoms with van der Waals surface area (Å²) in [5, 5.41) is 16.7. The van der Waals surface area contributed by atoms with Gasteiger partial charge in [0.25, 0.3) is 0 Å². The van der Waals surface area contributed by atoms with Gasteiger partial charge in [-0.15, -0.1) is 10.2 Å². The highest BCUT2D eigenvalue weighted by Crippen LogP contribution is 2.34. The Kier molecular flexibility index (Phi) is 5.57. The molecule has 166 valence electrons. The zero-order valence-electron chi connectivity index (χ0n) is 18.9. The lowest BCUT2D eigenvalue weighted by Gasteiger charge is -2.35. The molecule has 0 unspecified atom stereocenters. The molecule has 0 spiro atoms. The number of rotatable bonds is 8. The van der Waals surface area contributed by atoms with Crippen LogP contribution in [0.4, 0.5) is 0 Å². The number of aromatic nitrogens is 4. The van der Waals surface area contributed by atoms with Crippen LogP contribution in [0.3, 0.4) is 0 Å². The van der Waals surface area contributed by atoms with Gasteiger partial charge in [-0.2, -0.15) is 0 Å². The van der Waals surface area contributed by atoms with Crippen LogP contribution < -0.4 is 10.6 Å². The molecule has 5 rings (SSSR count). The van der Waals surface area contributed by atoms with Crippen molar-refractivity contribution in [3.05, 3.63) is 78.5 Å². The van der Waals surface area contributed by atoms with E-state index in [-0.39, 0.29) is 11.0 Å². The summed E-state index contributed by atoms with van der Waals surface area (Å²) in [6.07, 6.45) is 9.08. The molecule has 0 amide bonds. The second-order valence-electron chi connectivity index (χ2n) is 9.68. The molecule has 1 atom stereocenters. The zero-order valence-corrected chi connectivity index (χ0v) is 18.9. The maximum atomic E-state index is 3.94. The van der Waals surface area contributed by atoms with E-state index in [2.05, 4.69) is 94.4 Å². The van der Waals surface area contributed by atoms with Crippen molar-refractivity contribution in [3.63, 3.8) is 0 Å². The minimum atomic E-state index is -0.0502. The van der Waals surface area contributed by atoms with Gasteiger partial charge in [-0.3, -0.25) is 4.57 Å². The molecule has 3 heterocycles. The summed E-state index contributed by atoms with van der Waals surface area (Å²) in [5.74, 6) is 0. The Labute approximate surface area is 189 Å². The molecule has 0 saturated carbocycles. The number of benzene rings is 2. The lowest BCUT2D eigenvalue weighted by atomic mass is 9.80. The van der Waals surface area contributed by atoms with Gasteiger partial charge in [-0.1, -0.05) is 30.3 Å². The highest BCUT2D eigenvalue weighted by molar-refractivity contribution is 5.85. The van der Waals surface area contributed by atoms with Crippen molar-refractivity contribution < 1.29 is 0 Å². The Morgan fingerprint density at radius 3 is 2.66 bits per heavy atom. The van der Waals surface area contributed by atoms with Crippen LogP contribution in [0.15, 0.2) is 67.4 Å². The van der Waals surface area contributed by atoms with Gasteiger partial charge >= 0.3 is 0 Å². The summed E-state index contributed by atoms with van der Waals surface area (Å²) in [5.41, 5.74) is 5.20. The summed E-state index contributed by atoms with van der Waals surface area (Å²) in [7, 11) is 0. The fourth-order valence-electron chi connectivity index (χ4n) is 4.88. The standard InChI is InChI=1S/C26H32N6/c1-25(2,21-6-4-3-5-7-21)29-17-26(12-13-27-16-26)11-10-20-15-28-24-9-8-22(14-23(20)24)32-18-30-31-19-32/h3-9,14-15,18-19,27-29H,10-13,16-17H2,1-2H3/t26-/m0/s1. The first-order chi connectivity index (χ1) is 15.5. The number of nitrogens with one attached hydrogen (secondary N) is 3. The van der Waals surface area contributed by atoms with Crippen LogP contribution in [0.5, 0.6) is 0 Å². The van der Waals surface area contributed by atoms with Crippen molar-refractivity contribution in [2.45, 2.75) is 38.6 Å². The van der Waals surface area contributed by atoms with Gasteiger partial charge in [0, 0.05) is 41.4 Å². The number of H-pyrrole nitrogens is 1. The SMILES string of the molecule is CC(C)(NC[C@@]1(CCc2c[nH]c3ccc(-n4cnnc4)cc23)CCNC1)c1ccccc1. The Bertz CT molecular complexity index is 1150. The van der Waals surface area contributed by atoms with Crippen molar-refractivity contribution in [1.29, 1.82) is 0 Å². The zero-order chi connectivity index (χ0) is 22.0. The third kappa shape index (κ3) is 4.20. The minimum absolute atomic E-state index is 0.0502. The Hall–Kier alpha value is -2.96. The number of nitrogens with zero attached hydrogens (tertiary/aromatic N) is 3. The van der Waals surface area contributed by atoms with E-state index >= 15 is 0 Å². The second-order valence-corrected chi connectivity index (χ2v) is 9.68. The van der Waals surface area contributed by atoms with Crippen LogP contribution in [0, 0.1) is 5.41 Å². The summed E-state index contributed by atoms with van der Waals surface area (Å²) in [6.45, 7) is 7.74. The number of hydrogen-bond acceptors (Lipinski definition) is 4. The summed E-state index contributed by atoms with van der Waals surface area (Å²) < 4.78 is 1.95. The van der Waals surface area contributed by atoms with Gasteiger partial charge < -0.3 is 15.6 Å². The first kappa shape index (κ1) is 20.9. The van der Waals surface area contributed by atoms with E-state index in [0.717, 1.165) is 38.2 Å². The topological polar surface area (TPSA) is 70.6 Å². The van der Waals surface area contributed by atoms with Crippen LogP contribution in [-0.4, -0.2) is 39.4 Å². The molecular formula is C26H32N6. The molecule has 32 heavy (non-hydrogen) atoms. The maximum absolute atomic E-state index is 3.94. The van der Waals surface area contributed by atoms with Crippen molar-refractivity contribution >= 4 is 10.9 Å². The molecule has 1 saturated heterocycles. The fourth-order valence-corrected chi connectivity index (χ4v) is 4.88. The highest BCUT2D eigenvalue weighted by atomic mass is 15.2. The van der Waals surface area contributed by atoms with E-state index < -0.39 is 0 Å². The molecule has 0 radical (unpaired) electrons. The smallest absolute Gasteiger partial charge is 0.123 e. The van der Waals surface area contributed by atoms with Gasteiger partial charge in [-0.05, 0) is 74.4 Å². The van der Waals surface area contributed by atoms with Crippen LogP contribution in [0.1, 0.15) is 37.8 Å².